The predicted molar refractivity (Wildman–Crippen MR) is 93.9 cm³/mol. The second kappa shape index (κ2) is 7.57. The number of pyridine rings is 1. The van der Waals surface area contributed by atoms with Crippen molar-refractivity contribution < 1.29 is 10.0 Å². The topological polar surface area (TPSA) is 134 Å². The molecule has 9 heteroatoms. The maximum atomic E-state index is 12.7. The molecule has 0 fully saturated rings. The van der Waals surface area contributed by atoms with Gasteiger partial charge in [-0.15, -0.1) is 10.2 Å². The van der Waals surface area contributed by atoms with Gasteiger partial charge in [0.25, 0.3) is 11.2 Å². The van der Waals surface area contributed by atoms with Gasteiger partial charge in [-0.3, -0.25) is 19.5 Å². The molecule has 0 spiro atoms. The molecule has 2 rings (SSSR count). The molecule has 0 unspecified atom stereocenters. The highest BCUT2D eigenvalue weighted by atomic mass is 16.6. The number of hydrogen-bond acceptors (Lipinski definition) is 7. The van der Waals surface area contributed by atoms with Gasteiger partial charge >= 0.3 is 0 Å². The lowest BCUT2D eigenvalue weighted by Crippen LogP contribution is -2.24. The third kappa shape index (κ3) is 3.59. The Labute approximate surface area is 149 Å². The summed E-state index contributed by atoms with van der Waals surface area (Å²) in [4.78, 5) is 23.1. The van der Waals surface area contributed by atoms with Crippen LogP contribution in [0, 0.1) is 34.3 Å². The molecular weight excluding hydrogens is 338 g/mol. The lowest BCUT2D eigenvalue weighted by Gasteiger charge is -2.14. The molecule has 0 aliphatic heterocycles. The molecule has 1 heterocycles. The van der Waals surface area contributed by atoms with Crippen LogP contribution in [-0.4, -0.2) is 14.6 Å². The Morgan fingerprint density at radius 3 is 2.58 bits per heavy atom. The number of nitro benzene ring substituents is 1. The highest BCUT2D eigenvalue weighted by Crippen LogP contribution is 2.30. The van der Waals surface area contributed by atoms with E-state index in [0.29, 0.717) is 0 Å². The van der Waals surface area contributed by atoms with E-state index in [-0.39, 0.29) is 40.7 Å². The number of aromatic nitrogens is 1. The second-order valence-electron chi connectivity index (χ2n) is 6.04. The van der Waals surface area contributed by atoms with Crippen LogP contribution in [-0.2, 0) is 6.54 Å². The highest BCUT2D eigenvalue weighted by molar-refractivity contribution is 5.59. The minimum atomic E-state index is -0.616. The number of nitro groups is 1. The van der Waals surface area contributed by atoms with Crippen molar-refractivity contribution in [2.24, 2.45) is 16.1 Å². The molecule has 9 nitrogen and oxygen atoms in total. The predicted octanol–water partition coefficient (Wildman–Crippen LogP) is 3.71. The first-order valence-electron chi connectivity index (χ1n) is 7.79. The Balaban J connectivity index is 2.66. The van der Waals surface area contributed by atoms with Gasteiger partial charge in [0.2, 0.25) is 5.88 Å². The lowest BCUT2D eigenvalue weighted by atomic mass is 10.1. The van der Waals surface area contributed by atoms with Crippen LogP contribution in [0.5, 0.6) is 5.88 Å². The standard InChI is InChI=1S/C17H17N5O4/c1-10(2)9-21-16(23)12(8-18)11(3)15(17(21)24)20-19-13-6-4-5-7-14(13)22(25)26/h4-7,10,23H,9H2,1-3H3. The van der Waals surface area contributed by atoms with Gasteiger partial charge in [-0.2, -0.15) is 5.26 Å². The van der Waals surface area contributed by atoms with E-state index >= 15 is 0 Å². The number of azo groups is 1. The maximum Gasteiger partial charge on any atom is 0.296 e. The van der Waals surface area contributed by atoms with Crippen LogP contribution >= 0.6 is 0 Å². The van der Waals surface area contributed by atoms with E-state index in [4.69, 9.17) is 0 Å². The molecule has 0 aliphatic carbocycles. The SMILES string of the molecule is Cc1c(C#N)c(O)n(CC(C)C)c(=O)c1N=Nc1ccccc1[N+](=O)[O-]. The zero-order valence-electron chi connectivity index (χ0n) is 14.5. The Morgan fingerprint density at radius 1 is 1.35 bits per heavy atom. The molecular formula is C17H17N5O4. The Bertz CT molecular complexity index is 986. The number of para-hydroxylation sites is 1. The monoisotopic (exact) mass is 355 g/mol. The summed E-state index contributed by atoms with van der Waals surface area (Å²) < 4.78 is 1.06. The summed E-state index contributed by atoms with van der Waals surface area (Å²) in [6.07, 6.45) is 0. The second-order valence-corrected chi connectivity index (χ2v) is 6.04. The number of nitrogens with zero attached hydrogens (tertiary/aromatic N) is 5. The first-order valence-corrected chi connectivity index (χ1v) is 7.79. The summed E-state index contributed by atoms with van der Waals surface area (Å²) >= 11 is 0. The van der Waals surface area contributed by atoms with Gasteiger partial charge in [0.1, 0.15) is 11.6 Å². The van der Waals surface area contributed by atoms with Crippen molar-refractivity contribution in [2.75, 3.05) is 0 Å². The third-order valence-electron chi connectivity index (χ3n) is 3.65. The summed E-state index contributed by atoms with van der Waals surface area (Å²) in [6.45, 7) is 5.36. The van der Waals surface area contributed by atoms with Crippen LogP contribution < -0.4 is 5.56 Å². The zero-order valence-corrected chi connectivity index (χ0v) is 14.5. The largest absolute Gasteiger partial charge is 0.493 e. The van der Waals surface area contributed by atoms with Crippen molar-refractivity contribution in [3.05, 3.63) is 55.9 Å². The Kier molecular flexibility index (Phi) is 5.47. The molecule has 1 N–H and O–H groups in total. The Hall–Kier alpha value is -3.54. The van der Waals surface area contributed by atoms with Gasteiger partial charge in [-0.25, -0.2) is 0 Å². The molecule has 0 bridgehead atoms. The molecule has 1 aromatic carbocycles. The van der Waals surface area contributed by atoms with E-state index in [1.165, 1.54) is 25.1 Å². The van der Waals surface area contributed by atoms with Gasteiger partial charge in [0, 0.05) is 18.2 Å². The van der Waals surface area contributed by atoms with Crippen molar-refractivity contribution in [3.8, 4) is 11.9 Å². The number of nitriles is 1. The normalized spacial score (nSPS) is 11.0. The molecule has 0 radical (unpaired) electrons. The fraction of sp³-hybridized carbons (Fsp3) is 0.294. The van der Waals surface area contributed by atoms with E-state index in [2.05, 4.69) is 10.2 Å². The molecule has 0 amide bonds. The van der Waals surface area contributed by atoms with E-state index in [0.717, 1.165) is 4.57 Å². The maximum absolute atomic E-state index is 12.7. The first-order chi connectivity index (χ1) is 12.3. The van der Waals surface area contributed by atoms with Gasteiger partial charge in [0.15, 0.2) is 11.4 Å². The minimum absolute atomic E-state index is 0.0155. The summed E-state index contributed by atoms with van der Waals surface area (Å²) in [5, 5.41) is 38.2. The van der Waals surface area contributed by atoms with Gasteiger partial charge < -0.3 is 5.11 Å². The van der Waals surface area contributed by atoms with Crippen LogP contribution in [0.1, 0.15) is 25.0 Å². The van der Waals surface area contributed by atoms with Crippen LogP contribution in [0.3, 0.4) is 0 Å². The summed E-state index contributed by atoms with van der Waals surface area (Å²) in [7, 11) is 0. The van der Waals surface area contributed by atoms with E-state index in [1.807, 2.05) is 19.9 Å². The van der Waals surface area contributed by atoms with Gasteiger partial charge in [-0.05, 0) is 18.9 Å². The smallest absolute Gasteiger partial charge is 0.296 e. The van der Waals surface area contributed by atoms with Crippen LogP contribution in [0.15, 0.2) is 39.3 Å². The summed E-state index contributed by atoms with van der Waals surface area (Å²) in [5.41, 5.74) is -0.943. The summed E-state index contributed by atoms with van der Waals surface area (Å²) in [6, 6.07) is 7.58. The fourth-order valence-electron chi connectivity index (χ4n) is 2.40. The lowest BCUT2D eigenvalue weighted by molar-refractivity contribution is -0.384. The Morgan fingerprint density at radius 2 is 2.00 bits per heavy atom. The molecule has 0 aliphatic rings. The molecule has 134 valence electrons. The van der Waals surface area contributed by atoms with E-state index in [9.17, 15) is 25.3 Å². The van der Waals surface area contributed by atoms with Crippen molar-refractivity contribution in [1.82, 2.24) is 4.57 Å². The van der Waals surface area contributed by atoms with Crippen molar-refractivity contribution >= 4 is 17.1 Å². The van der Waals surface area contributed by atoms with Crippen molar-refractivity contribution in [2.45, 2.75) is 27.3 Å². The molecule has 2 aromatic rings. The van der Waals surface area contributed by atoms with Gasteiger partial charge in [0.05, 0.1) is 4.92 Å². The van der Waals surface area contributed by atoms with Gasteiger partial charge in [-0.1, -0.05) is 26.0 Å². The van der Waals surface area contributed by atoms with E-state index in [1.54, 1.807) is 6.07 Å². The minimum Gasteiger partial charge on any atom is -0.493 e. The molecule has 1 aromatic heterocycles. The quantitative estimate of drug-likeness (QED) is 0.495. The number of hydrogen-bond donors (Lipinski definition) is 1. The molecule has 0 saturated carbocycles. The van der Waals surface area contributed by atoms with Crippen LogP contribution in [0.2, 0.25) is 0 Å². The zero-order chi connectivity index (χ0) is 19.4. The van der Waals surface area contributed by atoms with Crippen LogP contribution in [0.4, 0.5) is 17.1 Å². The van der Waals surface area contributed by atoms with Crippen molar-refractivity contribution in [1.29, 1.82) is 5.26 Å². The number of aromatic hydroxyl groups is 1. The first kappa shape index (κ1) is 18.8. The van der Waals surface area contributed by atoms with E-state index < -0.39 is 16.4 Å². The molecule has 26 heavy (non-hydrogen) atoms. The number of rotatable bonds is 5. The fourth-order valence-corrected chi connectivity index (χ4v) is 2.40. The highest BCUT2D eigenvalue weighted by Gasteiger charge is 2.20. The third-order valence-corrected chi connectivity index (χ3v) is 3.65. The number of benzene rings is 1. The summed E-state index contributed by atoms with van der Waals surface area (Å²) in [5.74, 6) is -0.388. The van der Waals surface area contributed by atoms with Crippen molar-refractivity contribution in [3.63, 3.8) is 0 Å². The average Bonchev–Trinajstić information content (AvgIpc) is 2.59. The van der Waals surface area contributed by atoms with Crippen LogP contribution in [0.25, 0.3) is 0 Å². The average molecular weight is 355 g/mol. The molecule has 0 atom stereocenters. The molecule has 0 saturated heterocycles.